The van der Waals surface area contributed by atoms with Gasteiger partial charge in [0.2, 0.25) is 0 Å². The summed E-state index contributed by atoms with van der Waals surface area (Å²) in [6, 6.07) is 7.33. The van der Waals surface area contributed by atoms with Crippen LogP contribution in [0.15, 0.2) is 41.1 Å². The number of rotatable bonds is 6. The molecule has 0 aliphatic heterocycles. The number of carbonyl (C=O) groups excluding carboxylic acids is 1. The molecule has 2 rings (SSSR count). The van der Waals surface area contributed by atoms with Gasteiger partial charge in [0.1, 0.15) is 5.60 Å². The Kier molecular flexibility index (Phi) is 5.30. The summed E-state index contributed by atoms with van der Waals surface area (Å²) < 4.78 is 0. The molecule has 1 aromatic carbocycles. The van der Waals surface area contributed by atoms with E-state index >= 15 is 0 Å². The molecule has 0 radical (unpaired) electrons. The van der Waals surface area contributed by atoms with Gasteiger partial charge in [-0.2, -0.15) is 11.3 Å². The first-order valence-corrected chi connectivity index (χ1v) is 7.83. The van der Waals surface area contributed by atoms with E-state index in [2.05, 4.69) is 10.6 Å². The minimum atomic E-state index is -1.13. The van der Waals surface area contributed by atoms with Crippen molar-refractivity contribution in [3.05, 3.63) is 62.3 Å². The molecule has 0 aliphatic rings. The molecular formula is C15H17N3O4S. The second-order valence-corrected chi connectivity index (χ2v) is 6.03. The molecule has 0 aliphatic carbocycles. The Morgan fingerprint density at radius 3 is 2.57 bits per heavy atom. The summed E-state index contributed by atoms with van der Waals surface area (Å²) in [7, 11) is 0. The van der Waals surface area contributed by atoms with Crippen molar-refractivity contribution in [1.29, 1.82) is 0 Å². The number of hydrogen-bond donors (Lipinski definition) is 3. The van der Waals surface area contributed by atoms with Crippen LogP contribution in [0.3, 0.4) is 0 Å². The lowest BCUT2D eigenvalue weighted by molar-refractivity contribution is -0.384. The van der Waals surface area contributed by atoms with Crippen molar-refractivity contribution in [2.75, 3.05) is 6.54 Å². The average Bonchev–Trinajstić information content (AvgIpc) is 3.06. The first kappa shape index (κ1) is 16.9. The van der Waals surface area contributed by atoms with Gasteiger partial charge in [-0.05, 0) is 34.9 Å². The molecule has 1 unspecified atom stereocenters. The summed E-state index contributed by atoms with van der Waals surface area (Å²) in [5.41, 5.74) is 0.364. The van der Waals surface area contributed by atoms with E-state index in [1.54, 1.807) is 25.1 Å². The van der Waals surface area contributed by atoms with Gasteiger partial charge in [0.05, 0.1) is 11.5 Å². The molecule has 1 aromatic heterocycles. The smallest absolute Gasteiger partial charge is 0.315 e. The topological polar surface area (TPSA) is 104 Å². The Morgan fingerprint density at radius 2 is 2.00 bits per heavy atom. The van der Waals surface area contributed by atoms with Gasteiger partial charge in [0.15, 0.2) is 0 Å². The molecule has 8 heteroatoms. The van der Waals surface area contributed by atoms with Gasteiger partial charge in [-0.15, -0.1) is 0 Å². The standard InChI is InChI=1S/C15H17N3O4S/c1-15(20,12-6-7-23-9-12)10-17-14(19)16-8-11-2-4-13(5-3-11)18(21)22/h2-7,9,20H,8,10H2,1H3,(H2,16,17,19). The van der Waals surface area contributed by atoms with Crippen LogP contribution in [0.25, 0.3) is 0 Å². The number of aliphatic hydroxyl groups is 1. The van der Waals surface area contributed by atoms with E-state index in [1.807, 2.05) is 10.8 Å². The molecule has 0 bridgehead atoms. The summed E-state index contributed by atoms with van der Waals surface area (Å²) in [5.74, 6) is 0. The summed E-state index contributed by atoms with van der Waals surface area (Å²) in [6.45, 7) is 1.95. The Labute approximate surface area is 137 Å². The van der Waals surface area contributed by atoms with Crippen molar-refractivity contribution < 1.29 is 14.8 Å². The molecule has 2 aromatic rings. The van der Waals surface area contributed by atoms with E-state index < -0.39 is 16.6 Å². The first-order chi connectivity index (χ1) is 10.9. The zero-order valence-corrected chi connectivity index (χ0v) is 13.3. The molecule has 1 atom stereocenters. The second-order valence-electron chi connectivity index (χ2n) is 5.25. The number of nitrogens with one attached hydrogen (secondary N) is 2. The number of nitro groups is 1. The molecule has 23 heavy (non-hydrogen) atoms. The number of amides is 2. The van der Waals surface area contributed by atoms with E-state index in [1.165, 1.54) is 23.5 Å². The van der Waals surface area contributed by atoms with Gasteiger partial charge in [-0.1, -0.05) is 12.1 Å². The maximum atomic E-state index is 11.8. The number of thiophene rings is 1. The molecule has 0 saturated heterocycles. The third kappa shape index (κ3) is 4.76. The largest absolute Gasteiger partial charge is 0.384 e. The second kappa shape index (κ2) is 7.21. The van der Waals surface area contributed by atoms with Crippen molar-refractivity contribution in [3.63, 3.8) is 0 Å². The summed E-state index contributed by atoms with van der Waals surface area (Å²) in [4.78, 5) is 21.9. The molecule has 0 fully saturated rings. The van der Waals surface area contributed by atoms with Gasteiger partial charge < -0.3 is 15.7 Å². The van der Waals surface area contributed by atoms with E-state index in [0.29, 0.717) is 0 Å². The minimum Gasteiger partial charge on any atom is -0.384 e. The number of nitro benzene ring substituents is 1. The normalized spacial score (nSPS) is 13.1. The van der Waals surface area contributed by atoms with Crippen molar-refractivity contribution in [1.82, 2.24) is 10.6 Å². The molecule has 7 nitrogen and oxygen atoms in total. The van der Waals surface area contributed by atoms with Crippen LogP contribution in [0.2, 0.25) is 0 Å². The van der Waals surface area contributed by atoms with E-state index in [9.17, 15) is 20.0 Å². The Hall–Kier alpha value is -2.45. The number of benzene rings is 1. The van der Waals surface area contributed by atoms with Crippen LogP contribution in [-0.4, -0.2) is 22.6 Å². The zero-order valence-electron chi connectivity index (χ0n) is 12.5. The van der Waals surface area contributed by atoms with Crippen LogP contribution in [0, 0.1) is 10.1 Å². The van der Waals surface area contributed by atoms with Crippen molar-refractivity contribution in [3.8, 4) is 0 Å². The number of nitrogens with zero attached hydrogens (tertiary/aromatic N) is 1. The predicted molar refractivity (Wildman–Crippen MR) is 87.2 cm³/mol. The molecule has 0 saturated carbocycles. The highest BCUT2D eigenvalue weighted by Gasteiger charge is 2.24. The Morgan fingerprint density at radius 1 is 1.30 bits per heavy atom. The lowest BCUT2D eigenvalue weighted by atomic mass is 9.99. The third-order valence-electron chi connectivity index (χ3n) is 3.34. The number of urea groups is 1. The highest BCUT2D eigenvalue weighted by atomic mass is 32.1. The van der Waals surface area contributed by atoms with E-state index in [0.717, 1.165) is 11.1 Å². The lowest BCUT2D eigenvalue weighted by Gasteiger charge is -2.22. The molecule has 2 amide bonds. The molecule has 0 spiro atoms. The molecule has 122 valence electrons. The highest BCUT2D eigenvalue weighted by molar-refractivity contribution is 7.08. The van der Waals surface area contributed by atoms with Crippen molar-refractivity contribution >= 4 is 23.1 Å². The van der Waals surface area contributed by atoms with Crippen LogP contribution in [0.4, 0.5) is 10.5 Å². The molecule has 3 N–H and O–H groups in total. The van der Waals surface area contributed by atoms with Gasteiger partial charge in [0, 0.05) is 18.7 Å². The average molecular weight is 335 g/mol. The maximum Gasteiger partial charge on any atom is 0.315 e. The van der Waals surface area contributed by atoms with Crippen LogP contribution >= 0.6 is 11.3 Å². The predicted octanol–water partition coefficient (Wildman–Crippen LogP) is 2.36. The summed E-state index contributed by atoms with van der Waals surface area (Å²) >= 11 is 1.48. The number of non-ortho nitro benzene ring substituents is 1. The van der Waals surface area contributed by atoms with Crippen molar-refractivity contribution in [2.24, 2.45) is 0 Å². The highest BCUT2D eigenvalue weighted by Crippen LogP contribution is 2.21. The number of carbonyl (C=O) groups is 1. The van der Waals surface area contributed by atoms with E-state index in [-0.39, 0.29) is 18.8 Å². The fourth-order valence-corrected chi connectivity index (χ4v) is 2.69. The Bertz CT molecular complexity index is 669. The Balaban J connectivity index is 1.80. The fourth-order valence-electron chi connectivity index (χ4n) is 1.91. The molecule has 1 heterocycles. The van der Waals surface area contributed by atoms with Gasteiger partial charge >= 0.3 is 6.03 Å². The minimum absolute atomic E-state index is 0.00464. The van der Waals surface area contributed by atoms with Crippen molar-refractivity contribution in [2.45, 2.75) is 19.1 Å². The van der Waals surface area contributed by atoms with Gasteiger partial charge in [-0.25, -0.2) is 4.79 Å². The van der Waals surface area contributed by atoms with Gasteiger partial charge in [0.25, 0.3) is 5.69 Å². The van der Waals surface area contributed by atoms with E-state index in [4.69, 9.17) is 0 Å². The van der Waals surface area contributed by atoms with Crippen LogP contribution in [0.1, 0.15) is 18.1 Å². The van der Waals surface area contributed by atoms with Gasteiger partial charge in [-0.3, -0.25) is 10.1 Å². The summed E-state index contributed by atoms with van der Waals surface area (Å²) in [6.07, 6.45) is 0. The SMILES string of the molecule is CC(O)(CNC(=O)NCc1ccc([N+](=O)[O-])cc1)c1ccsc1. The fraction of sp³-hybridized carbons (Fsp3) is 0.267. The monoisotopic (exact) mass is 335 g/mol. The number of hydrogen-bond acceptors (Lipinski definition) is 5. The lowest BCUT2D eigenvalue weighted by Crippen LogP contribution is -2.43. The summed E-state index contributed by atoms with van der Waals surface area (Å²) in [5, 5.41) is 29.8. The maximum absolute atomic E-state index is 11.8. The van der Waals surface area contributed by atoms with Crippen LogP contribution in [-0.2, 0) is 12.1 Å². The van der Waals surface area contributed by atoms with Crippen LogP contribution in [0.5, 0.6) is 0 Å². The first-order valence-electron chi connectivity index (χ1n) is 6.88. The molecular weight excluding hydrogens is 318 g/mol. The quantitative estimate of drug-likeness (QED) is 0.557. The van der Waals surface area contributed by atoms with Crippen LogP contribution < -0.4 is 10.6 Å². The zero-order chi connectivity index (χ0) is 16.9. The third-order valence-corrected chi connectivity index (χ3v) is 4.02.